The number of rotatable bonds is 2. The van der Waals surface area contributed by atoms with Crippen LogP contribution >= 0.6 is 0 Å². The average molecular weight is 220 g/mol. The van der Waals surface area contributed by atoms with Crippen molar-refractivity contribution in [2.45, 2.75) is 39.0 Å². The average Bonchev–Trinajstić information content (AvgIpc) is 2.29. The van der Waals surface area contributed by atoms with Gasteiger partial charge in [-0.1, -0.05) is 26.0 Å². The maximum atomic E-state index is 13.6. The first-order chi connectivity index (χ1) is 7.56. The van der Waals surface area contributed by atoms with Crippen LogP contribution in [0.25, 0.3) is 0 Å². The highest BCUT2D eigenvalue weighted by Gasteiger charge is 2.34. The number of hydrogen-bond acceptors (Lipinski definition) is 1. The third kappa shape index (κ3) is 1.77. The fraction of sp³-hybridized carbons (Fsp3) is 0.500. The first kappa shape index (κ1) is 11.3. The standard InChI is InChI=1S/C14H17FO/c1-14(2,9-16)12-7-3-6-11-10(12)5-4-8-13(11)15/h4-5,8-9,12H,3,6-7H2,1-2H3. The zero-order valence-electron chi connectivity index (χ0n) is 9.79. The summed E-state index contributed by atoms with van der Waals surface area (Å²) in [5.74, 6) is 0.0355. The van der Waals surface area contributed by atoms with Crippen molar-refractivity contribution in [2.75, 3.05) is 0 Å². The minimum absolute atomic E-state index is 0.121. The second-order valence-electron chi connectivity index (χ2n) is 5.19. The van der Waals surface area contributed by atoms with Gasteiger partial charge < -0.3 is 4.79 Å². The van der Waals surface area contributed by atoms with Crippen LogP contribution in [0.15, 0.2) is 18.2 Å². The van der Waals surface area contributed by atoms with Crippen LogP contribution < -0.4 is 0 Å². The Morgan fingerprint density at radius 2 is 2.19 bits per heavy atom. The Balaban J connectivity index is 2.48. The van der Waals surface area contributed by atoms with Crippen LogP contribution in [0.5, 0.6) is 0 Å². The number of carbonyl (C=O) groups is 1. The van der Waals surface area contributed by atoms with Gasteiger partial charge in [-0.2, -0.15) is 0 Å². The molecule has 0 aliphatic heterocycles. The predicted octanol–water partition coefficient (Wildman–Crippen LogP) is 3.47. The van der Waals surface area contributed by atoms with Crippen molar-refractivity contribution in [1.29, 1.82) is 0 Å². The molecule has 2 heteroatoms. The van der Waals surface area contributed by atoms with Gasteiger partial charge in [-0.15, -0.1) is 0 Å². The summed E-state index contributed by atoms with van der Waals surface area (Å²) in [5.41, 5.74) is 1.44. The molecule has 0 bridgehead atoms. The lowest BCUT2D eigenvalue weighted by atomic mass is 9.69. The lowest BCUT2D eigenvalue weighted by molar-refractivity contribution is -0.115. The molecule has 0 heterocycles. The summed E-state index contributed by atoms with van der Waals surface area (Å²) in [6, 6.07) is 5.22. The molecule has 0 aromatic heterocycles. The van der Waals surface area contributed by atoms with E-state index in [0.717, 1.165) is 36.7 Å². The van der Waals surface area contributed by atoms with Gasteiger partial charge in [0.25, 0.3) is 0 Å². The monoisotopic (exact) mass is 220 g/mol. The van der Waals surface area contributed by atoms with Crippen LogP contribution in [-0.4, -0.2) is 6.29 Å². The minimum Gasteiger partial charge on any atom is -0.303 e. The molecule has 1 aromatic carbocycles. The van der Waals surface area contributed by atoms with E-state index in [1.54, 1.807) is 6.07 Å². The van der Waals surface area contributed by atoms with Crippen molar-refractivity contribution >= 4 is 6.29 Å². The molecule has 0 radical (unpaired) electrons. The van der Waals surface area contributed by atoms with Crippen molar-refractivity contribution in [3.05, 3.63) is 35.1 Å². The van der Waals surface area contributed by atoms with Crippen molar-refractivity contribution in [2.24, 2.45) is 5.41 Å². The highest BCUT2D eigenvalue weighted by molar-refractivity contribution is 5.61. The molecule has 1 aromatic rings. The van der Waals surface area contributed by atoms with Gasteiger partial charge in [0.15, 0.2) is 0 Å². The van der Waals surface area contributed by atoms with Gasteiger partial charge in [0.05, 0.1) is 0 Å². The molecule has 2 rings (SSSR count). The largest absolute Gasteiger partial charge is 0.303 e. The SMILES string of the molecule is CC(C)(C=O)C1CCCc2c(F)cccc21. The van der Waals surface area contributed by atoms with E-state index in [2.05, 4.69) is 0 Å². The topological polar surface area (TPSA) is 17.1 Å². The van der Waals surface area contributed by atoms with Crippen LogP contribution in [0.4, 0.5) is 4.39 Å². The Morgan fingerprint density at radius 3 is 2.88 bits per heavy atom. The van der Waals surface area contributed by atoms with Gasteiger partial charge in [-0.25, -0.2) is 4.39 Å². The normalized spacial score (nSPS) is 20.3. The third-order valence-corrected chi connectivity index (χ3v) is 3.65. The van der Waals surface area contributed by atoms with Crippen LogP contribution in [0, 0.1) is 11.2 Å². The molecule has 0 spiro atoms. The molecule has 0 saturated heterocycles. The van der Waals surface area contributed by atoms with E-state index in [4.69, 9.17) is 0 Å². The van der Waals surface area contributed by atoms with E-state index < -0.39 is 5.41 Å². The third-order valence-electron chi connectivity index (χ3n) is 3.65. The van der Waals surface area contributed by atoms with Crippen molar-refractivity contribution in [3.63, 3.8) is 0 Å². The van der Waals surface area contributed by atoms with Gasteiger partial charge in [-0.05, 0) is 42.4 Å². The zero-order valence-corrected chi connectivity index (χ0v) is 9.79. The molecular weight excluding hydrogens is 203 g/mol. The number of hydrogen-bond donors (Lipinski definition) is 0. The summed E-state index contributed by atoms with van der Waals surface area (Å²) in [5, 5.41) is 0. The molecule has 1 aliphatic rings. The van der Waals surface area contributed by atoms with Gasteiger partial charge >= 0.3 is 0 Å². The van der Waals surface area contributed by atoms with E-state index in [-0.39, 0.29) is 11.7 Å². The zero-order chi connectivity index (χ0) is 11.8. The smallest absolute Gasteiger partial charge is 0.126 e. The molecule has 1 nitrogen and oxygen atoms in total. The number of benzene rings is 1. The van der Waals surface area contributed by atoms with Crippen molar-refractivity contribution < 1.29 is 9.18 Å². The molecule has 0 N–H and O–H groups in total. The lowest BCUT2D eigenvalue weighted by Gasteiger charge is -2.34. The molecule has 86 valence electrons. The first-order valence-electron chi connectivity index (χ1n) is 5.80. The van der Waals surface area contributed by atoms with Gasteiger partial charge in [0, 0.05) is 5.41 Å². The maximum absolute atomic E-state index is 13.6. The number of carbonyl (C=O) groups excluding carboxylic acids is 1. The molecule has 1 aliphatic carbocycles. The van der Waals surface area contributed by atoms with Crippen LogP contribution in [0.3, 0.4) is 0 Å². The van der Waals surface area contributed by atoms with Crippen LogP contribution in [0.2, 0.25) is 0 Å². The first-order valence-corrected chi connectivity index (χ1v) is 5.80. The fourth-order valence-corrected chi connectivity index (χ4v) is 2.66. The molecule has 1 unspecified atom stereocenters. The van der Waals surface area contributed by atoms with Gasteiger partial charge in [0.2, 0.25) is 0 Å². The Morgan fingerprint density at radius 1 is 1.44 bits per heavy atom. The molecule has 0 fully saturated rings. The lowest BCUT2D eigenvalue weighted by Crippen LogP contribution is -2.27. The Kier molecular flexibility index (Phi) is 2.83. The number of halogens is 1. The van der Waals surface area contributed by atoms with Gasteiger partial charge in [0.1, 0.15) is 12.1 Å². The summed E-state index contributed by atoms with van der Waals surface area (Å²) in [6.45, 7) is 3.87. The Hall–Kier alpha value is -1.18. The van der Waals surface area contributed by atoms with Gasteiger partial charge in [-0.3, -0.25) is 0 Å². The van der Waals surface area contributed by atoms with E-state index in [0.29, 0.717) is 0 Å². The van der Waals surface area contributed by atoms with Crippen LogP contribution in [0.1, 0.15) is 43.7 Å². The second kappa shape index (κ2) is 4.00. The summed E-state index contributed by atoms with van der Waals surface area (Å²) in [7, 11) is 0. The maximum Gasteiger partial charge on any atom is 0.126 e. The Labute approximate surface area is 95.7 Å². The predicted molar refractivity (Wildman–Crippen MR) is 61.9 cm³/mol. The van der Waals surface area contributed by atoms with E-state index in [1.165, 1.54) is 6.07 Å². The van der Waals surface area contributed by atoms with Crippen molar-refractivity contribution in [1.82, 2.24) is 0 Å². The molecular formula is C14H17FO. The molecule has 0 amide bonds. The number of aldehydes is 1. The van der Waals surface area contributed by atoms with Crippen LogP contribution in [-0.2, 0) is 11.2 Å². The summed E-state index contributed by atoms with van der Waals surface area (Å²) in [6.07, 6.45) is 3.74. The van der Waals surface area contributed by atoms with E-state index in [9.17, 15) is 9.18 Å². The highest BCUT2D eigenvalue weighted by atomic mass is 19.1. The second-order valence-corrected chi connectivity index (χ2v) is 5.19. The number of fused-ring (bicyclic) bond motifs is 1. The molecule has 16 heavy (non-hydrogen) atoms. The quantitative estimate of drug-likeness (QED) is 0.697. The summed E-state index contributed by atoms with van der Waals surface area (Å²) in [4.78, 5) is 11.1. The molecule has 1 atom stereocenters. The minimum atomic E-state index is -0.400. The summed E-state index contributed by atoms with van der Waals surface area (Å²) < 4.78 is 13.6. The fourth-order valence-electron chi connectivity index (χ4n) is 2.66. The highest BCUT2D eigenvalue weighted by Crippen LogP contribution is 2.43. The van der Waals surface area contributed by atoms with Crippen molar-refractivity contribution in [3.8, 4) is 0 Å². The van der Waals surface area contributed by atoms with E-state index in [1.807, 2.05) is 19.9 Å². The Bertz CT molecular complexity index is 409. The summed E-state index contributed by atoms with van der Waals surface area (Å²) >= 11 is 0. The molecule has 0 saturated carbocycles. The van der Waals surface area contributed by atoms with E-state index >= 15 is 0 Å².